The van der Waals surface area contributed by atoms with Crippen molar-refractivity contribution in [2.24, 2.45) is 5.92 Å². The molecule has 0 saturated carbocycles. The van der Waals surface area contributed by atoms with Crippen molar-refractivity contribution < 1.29 is 18.0 Å². The summed E-state index contributed by atoms with van der Waals surface area (Å²) in [5.41, 5.74) is 1.15. The second-order valence-corrected chi connectivity index (χ2v) is 9.21. The summed E-state index contributed by atoms with van der Waals surface area (Å²) in [4.78, 5) is 30.3. The number of likely N-dealkylation sites (tertiary alicyclic amines) is 1. The molecule has 9 nitrogen and oxygen atoms in total. The molecule has 0 unspecified atom stereocenters. The van der Waals surface area contributed by atoms with Crippen LogP contribution in [-0.2, 0) is 21.1 Å². The maximum Gasteiger partial charge on any atom is 0.257 e. The standard InChI is InChI=1S/C17H19N5O4S/c23-16(4-11-2-1-3-18-5-11)21-14-10-27(25,26)15-9-22(8-13(14)15)17(24)12-6-19-20-7-12/h1-3,5-7,13-15H,4,8-10H2,(H,19,20)(H,21,23)/t13-,14+,15-/m0/s1. The largest absolute Gasteiger partial charge is 0.352 e. The van der Waals surface area contributed by atoms with E-state index >= 15 is 0 Å². The van der Waals surface area contributed by atoms with Gasteiger partial charge in [0.25, 0.3) is 5.91 Å². The normalized spacial score (nSPS) is 25.9. The van der Waals surface area contributed by atoms with Crippen molar-refractivity contribution in [2.45, 2.75) is 17.7 Å². The van der Waals surface area contributed by atoms with Crippen molar-refractivity contribution in [3.05, 3.63) is 48.0 Å². The second kappa shape index (κ2) is 6.76. The average Bonchev–Trinajstić information content (AvgIpc) is 3.35. The first-order chi connectivity index (χ1) is 12.9. The van der Waals surface area contributed by atoms with Gasteiger partial charge in [0.2, 0.25) is 5.91 Å². The third-order valence-electron chi connectivity index (χ3n) is 5.17. The molecule has 0 aliphatic carbocycles. The van der Waals surface area contributed by atoms with Gasteiger partial charge in [-0.2, -0.15) is 5.10 Å². The molecule has 4 rings (SSSR count). The van der Waals surface area contributed by atoms with Crippen LogP contribution >= 0.6 is 0 Å². The van der Waals surface area contributed by atoms with Gasteiger partial charge in [0.15, 0.2) is 9.84 Å². The molecule has 10 heteroatoms. The van der Waals surface area contributed by atoms with Crippen LogP contribution in [0.3, 0.4) is 0 Å². The van der Waals surface area contributed by atoms with Crippen LogP contribution < -0.4 is 5.32 Å². The minimum Gasteiger partial charge on any atom is -0.352 e. The van der Waals surface area contributed by atoms with Crippen LogP contribution in [0, 0.1) is 5.92 Å². The molecule has 2 fully saturated rings. The number of carbonyl (C=O) groups is 2. The molecule has 2 aromatic heterocycles. The van der Waals surface area contributed by atoms with Gasteiger partial charge < -0.3 is 10.2 Å². The summed E-state index contributed by atoms with van der Waals surface area (Å²) in [5.74, 6) is -0.893. The molecule has 27 heavy (non-hydrogen) atoms. The van der Waals surface area contributed by atoms with Crippen LogP contribution in [0.25, 0.3) is 0 Å². The van der Waals surface area contributed by atoms with Gasteiger partial charge in [0, 0.05) is 43.6 Å². The van der Waals surface area contributed by atoms with E-state index in [2.05, 4.69) is 20.5 Å². The monoisotopic (exact) mass is 389 g/mol. The quantitative estimate of drug-likeness (QED) is 0.719. The molecule has 0 spiro atoms. The lowest BCUT2D eigenvalue weighted by atomic mass is 10.00. The number of pyridine rings is 1. The maximum absolute atomic E-state index is 12.5. The van der Waals surface area contributed by atoms with E-state index in [0.29, 0.717) is 12.1 Å². The van der Waals surface area contributed by atoms with Gasteiger partial charge in [0.05, 0.1) is 29.2 Å². The van der Waals surface area contributed by atoms with Gasteiger partial charge in [-0.3, -0.25) is 19.7 Å². The first-order valence-corrected chi connectivity index (χ1v) is 10.3. The number of hydrogen-bond donors (Lipinski definition) is 2. The highest BCUT2D eigenvalue weighted by Gasteiger charge is 2.53. The molecular weight excluding hydrogens is 370 g/mol. The minimum absolute atomic E-state index is 0.0884. The van der Waals surface area contributed by atoms with E-state index in [0.717, 1.165) is 5.56 Å². The SMILES string of the molecule is O=C(Cc1cccnc1)N[C@@H]1CS(=O)(=O)[C@H]2CN(C(=O)c3cn[nH]c3)C[C@@H]12. The van der Waals surface area contributed by atoms with Crippen molar-refractivity contribution in [3.8, 4) is 0 Å². The van der Waals surface area contributed by atoms with E-state index in [9.17, 15) is 18.0 Å². The first-order valence-electron chi connectivity index (χ1n) is 8.62. The fourth-order valence-electron chi connectivity index (χ4n) is 3.87. The lowest BCUT2D eigenvalue weighted by Gasteiger charge is -2.20. The highest BCUT2D eigenvalue weighted by atomic mass is 32.2. The Bertz CT molecular complexity index is 945. The van der Waals surface area contributed by atoms with E-state index < -0.39 is 21.1 Å². The number of carbonyl (C=O) groups excluding carboxylic acids is 2. The van der Waals surface area contributed by atoms with Crippen LogP contribution in [0.2, 0.25) is 0 Å². The zero-order valence-electron chi connectivity index (χ0n) is 14.4. The third kappa shape index (κ3) is 3.44. The Morgan fingerprint density at radius 1 is 1.30 bits per heavy atom. The second-order valence-electron chi connectivity index (χ2n) is 6.94. The molecule has 0 radical (unpaired) electrons. The topological polar surface area (TPSA) is 125 Å². The van der Waals surface area contributed by atoms with Crippen molar-refractivity contribution in [3.63, 3.8) is 0 Å². The molecule has 2 N–H and O–H groups in total. The van der Waals surface area contributed by atoms with E-state index in [-0.39, 0.29) is 36.5 Å². The number of amides is 2. The molecule has 4 heterocycles. The van der Waals surface area contributed by atoms with E-state index in [1.807, 2.05) is 0 Å². The van der Waals surface area contributed by atoms with Crippen molar-refractivity contribution in [2.75, 3.05) is 18.8 Å². The van der Waals surface area contributed by atoms with Crippen LogP contribution in [-0.4, -0.2) is 70.4 Å². The van der Waals surface area contributed by atoms with E-state index in [4.69, 9.17) is 0 Å². The minimum atomic E-state index is -3.37. The van der Waals surface area contributed by atoms with Crippen LogP contribution in [0.4, 0.5) is 0 Å². The fraction of sp³-hybridized carbons (Fsp3) is 0.412. The smallest absolute Gasteiger partial charge is 0.257 e. The zero-order chi connectivity index (χ0) is 19.0. The number of rotatable bonds is 4. The summed E-state index contributed by atoms with van der Waals surface area (Å²) in [6.07, 6.45) is 6.27. The lowest BCUT2D eigenvalue weighted by molar-refractivity contribution is -0.121. The number of sulfone groups is 1. The molecule has 2 saturated heterocycles. The molecule has 0 aromatic carbocycles. The summed E-state index contributed by atoms with van der Waals surface area (Å²) in [6.45, 7) is 0.442. The van der Waals surface area contributed by atoms with Gasteiger partial charge in [-0.1, -0.05) is 6.07 Å². The molecule has 142 valence electrons. The molecule has 0 bridgehead atoms. The Hall–Kier alpha value is -2.75. The molecule has 2 aliphatic rings. The van der Waals surface area contributed by atoms with Crippen LogP contribution in [0.15, 0.2) is 36.9 Å². The summed E-state index contributed by atoms with van der Waals surface area (Å²) in [7, 11) is -3.37. The average molecular weight is 389 g/mol. The Morgan fingerprint density at radius 3 is 2.85 bits per heavy atom. The van der Waals surface area contributed by atoms with Gasteiger partial charge >= 0.3 is 0 Å². The van der Waals surface area contributed by atoms with E-state index in [1.165, 1.54) is 17.3 Å². The number of hydrogen-bond acceptors (Lipinski definition) is 6. The van der Waals surface area contributed by atoms with Crippen LogP contribution in [0.1, 0.15) is 15.9 Å². The Labute approximate surface area is 156 Å². The van der Waals surface area contributed by atoms with Gasteiger partial charge in [0.1, 0.15) is 0 Å². The predicted octanol–water partition coefficient (Wildman–Crippen LogP) is -0.599. The van der Waals surface area contributed by atoms with Gasteiger partial charge in [-0.05, 0) is 11.6 Å². The number of fused-ring (bicyclic) bond motifs is 1. The Balaban J connectivity index is 1.45. The van der Waals surface area contributed by atoms with Crippen molar-refractivity contribution in [1.82, 2.24) is 25.4 Å². The van der Waals surface area contributed by atoms with Gasteiger partial charge in [-0.15, -0.1) is 0 Å². The Morgan fingerprint density at radius 2 is 2.15 bits per heavy atom. The summed E-state index contributed by atoms with van der Waals surface area (Å²) >= 11 is 0. The van der Waals surface area contributed by atoms with Crippen molar-refractivity contribution >= 4 is 21.7 Å². The number of nitrogens with zero attached hydrogens (tertiary/aromatic N) is 3. The zero-order valence-corrected chi connectivity index (χ0v) is 15.2. The number of H-pyrrole nitrogens is 1. The number of nitrogens with one attached hydrogen (secondary N) is 2. The van der Waals surface area contributed by atoms with Gasteiger partial charge in [-0.25, -0.2) is 8.42 Å². The molecule has 2 aromatic rings. The molecule has 2 aliphatic heterocycles. The lowest BCUT2D eigenvalue weighted by Crippen LogP contribution is -2.43. The first kappa shape index (κ1) is 17.7. The van der Waals surface area contributed by atoms with E-state index in [1.54, 1.807) is 24.5 Å². The molecule has 2 amide bonds. The maximum atomic E-state index is 12.5. The van der Waals surface area contributed by atoms with Crippen molar-refractivity contribution in [1.29, 1.82) is 0 Å². The van der Waals surface area contributed by atoms with Crippen LogP contribution in [0.5, 0.6) is 0 Å². The number of aromatic nitrogens is 3. The highest BCUT2D eigenvalue weighted by Crippen LogP contribution is 2.34. The third-order valence-corrected chi connectivity index (χ3v) is 7.41. The molecule has 3 atom stereocenters. The summed E-state index contributed by atoms with van der Waals surface area (Å²) < 4.78 is 25.1. The highest BCUT2D eigenvalue weighted by molar-refractivity contribution is 7.92. The number of aromatic amines is 1. The summed E-state index contributed by atoms with van der Waals surface area (Å²) in [5, 5.41) is 8.54. The Kier molecular flexibility index (Phi) is 4.42. The summed E-state index contributed by atoms with van der Waals surface area (Å²) in [6, 6.07) is 3.04. The molecular formula is C17H19N5O4S. The predicted molar refractivity (Wildman–Crippen MR) is 95.4 cm³/mol. The fourth-order valence-corrected chi connectivity index (χ4v) is 6.17.